The Morgan fingerprint density at radius 1 is 1.30 bits per heavy atom. The fourth-order valence-electron chi connectivity index (χ4n) is 2.29. The lowest BCUT2D eigenvalue weighted by molar-refractivity contribution is 0.333. The molecule has 108 valence electrons. The van der Waals surface area contributed by atoms with Crippen LogP contribution in [-0.4, -0.2) is 20.2 Å². The summed E-state index contributed by atoms with van der Waals surface area (Å²) in [5.74, 6) is 0.988. The molecule has 0 saturated heterocycles. The van der Waals surface area contributed by atoms with Crippen LogP contribution in [0.2, 0.25) is 10.0 Å². The average molecular weight is 314 g/mol. The minimum atomic E-state index is 0.191. The van der Waals surface area contributed by atoms with Crippen LogP contribution in [0.1, 0.15) is 33.2 Å². The van der Waals surface area contributed by atoms with Crippen LogP contribution in [-0.2, 0) is 0 Å². The van der Waals surface area contributed by atoms with Crippen molar-refractivity contribution in [3.05, 3.63) is 22.2 Å². The largest absolute Gasteiger partial charge is 0.399 e. The van der Waals surface area contributed by atoms with Gasteiger partial charge in [0, 0.05) is 11.3 Å². The molecule has 2 N–H and O–H groups in total. The SMILES string of the molecule is CCC(C(C)C)n1nnnc1-c1cc(N)cc(Cl)c1Cl. The van der Waals surface area contributed by atoms with E-state index in [1.165, 1.54) is 0 Å². The molecule has 20 heavy (non-hydrogen) atoms. The van der Waals surface area contributed by atoms with E-state index < -0.39 is 0 Å². The molecule has 0 bridgehead atoms. The van der Waals surface area contributed by atoms with Gasteiger partial charge in [0.1, 0.15) is 0 Å². The quantitative estimate of drug-likeness (QED) is 0.871. The first-order chi connectivity index (χ1) is 9.45. The second-order valence-electron chi connectivity index (χ2n) is 5.03. The van der Waals surface area contributed by atoms with Gasteiger partial charge in [-0.15, -0.1) is 5.10 Å². The molecule has 1 unspecified atom stereocenters. The van der Waals surface area contributed by atoms with Gasteiger partial charge in [0.25, 0.3) is 0 Å². The van der Waals surface area contributed by atoms with Gasteiger partial charge in [-0.05, 0) is 34.9 Å². The van der Waals surface area contributed by atoms with E-state index in [2.05, 4.69) is 36.3 Å². The summed E-state index contributed by atoms with van der Waals surface area (Å²) >= 11 is 12.3. The molecule has 2 aromatic rings. The topological polar surface area (TPSA) is 69.6 Å². The second-order valence-corrected chi connectivity index (χ2v) is 5.82. The minimum absolute atomic E-state index is 0.191. The number of nitrogens with two attached hydrogens (primary N) is 1. The highest BCUT2D eigenvalue weighted by atomic mass is 35.5. The maximum Gasteiger partial charge on any atom is 0.183 e. The minimum Gasteiger partial charge on any atom is -0.399 e. The van der Waals surface area contributed by atoms with Gasteiger partial charge >= 0.3 is 0 Å². The standard InChI is InChI=1S/C13H17Cl2N5/c1-4-11(7(2)3)20-13(17-18-19-20)9-5-8(16)6-10(14)12(9)15/h5-7,11H,4,16H2,1-3H3. The van der Waals surface area contributed by atoms with Crippen molar-refractivity contribution >= 4 is 28.9 Å². The molecule has 1 atom stereocenters. The highest BCUT2D eigenvalue weighted by molar-refractivity contribution is 6.43. The highest BCUT2D eigenvalue weighted by Gasteiger charge is 2.22. The van der Waals surface area contributed by atoms with Crippen molar-refractivity contribution in [3.63, 3.8) is 0 Å². The van der Waals surface area contributed by atoms with Crippen molar-refractivity contribution < 1.29 is 0 Å². The number of anilines is 1. The molecule has 0 radical (unpaired) electrons. The molecule has 0 aliphatic rings. The summed E-state index contributed by atoms with van der Waals surface area (Å²) in [6.07, 6.45) is 0.920. The van der Waals surface area contributed by atoms with E-state index in [9.17, 15) is 0 Å². The summed E-state index contributed by atoms with van der Waals surface area (Å²) < 4.78 is 1.79. The Hall–Kier alpha value is -1.33. The number of rotatable bonds is 4. The fourth-order valence-corrected chi connectivity index (χ4v) is 2.72. The van der Waals surface area contributed by atoms with E-state index in [4.69, 9.17) is 28.9 Å². The van der Waals surface area contributed by atoms with Gasteiger partial charge in [-0.25, -0.2) is 4.68 Å². The van der Waals surface area contributed by atoms with Gasteiger partial charge in [0.05, 0.1) is 16.1 Å². The van der Waals surface area contributed by atoms with E-state index in [1.54, 1.807) is 16.8 Å². The van der Waals surface area contributed by atoms with Crippen molar-refractivity contribution in [2.24, 2.45) is 5.92 Å². The van der Waals surface area contributed by atoms with E-state index in [0.29, 0.717) is 33.0 Å². The van der Waals surface area contributed by atoms with Crippen LogP contribution in [0.4, 0.5) is 5.69 Å². The zero-order valence-electron chi connectivity index (χ0n) is 11.6. The first kappa shape index (κ1) is 15.1. The third-order valence-electron chi connectivity index (χ3n) is 3.29. The van der Waals surface area contributed by atoms with E-state index in [-0.39, 0.29) is 6.04 Å². The zero-order valence-corrected chi connectivity index (χ0v) is 13.2. The number of nitrogens with zero attached hydrogens (tertiary/aromatic N) is 4. The Kier molecular flexibility index (Phi) is 4.50. The van der Waals surface area contributed by atoms with Gasteiger partial charge in [-0.2, -0.15) is 0 Å². The van der Waals surface area contributed by atoms with Crippen LogP contribution >= 0.6 is 23.2 Å². The Labute approximate surface area is 128 Å². The third kappa shape index (κ3) is 2.74. The summed E-state index contributed by atoms with van der Waals surface area (Å²) in [6.45, 7) is 6.37. The molecule has 7 heteroatoms. The number of nitrogen functional groups attached to an aromatic ring is 1. The van der Waals surface area contributed by atoms with Crippen molar-refractivity contribution in [1.82, 2.24) is 20.2 Å². The van der Waals surface area contributed by atoms with Crippen molar-refractivity contribution in [2.45, 2.75) is 33.2 Å². The molecule has 0 saturated carbocycles. The molecular weight excluding hydrogens is 297 g/mol. The summed E-state index contributed by atoms with van der Waals surface area (Å²) in [5.41, 5.74) is 7.01. The van der Waals surface area contributed by atoms with Gasteiger partial charge in [-0.1, -0.05) is 44.0 Å². The summed E-state index contributed by atoms with van der Waals surface area (Å²) in [7, 11) is 0. The lowest BCUT2D eigenvalue weighted by Gasteiger charge is -2.20. The number of aromatic nitrogens is 4. The van der Waals surface area contributed by atoms with Crippen LogP contribution in [0.25, 0.3) is 11.4 Å². The molecule has 0 amide bonds. The normalized spacial score (nSPS) is 12.9. The number of tetrazole rings is 1. The molecule has 2 rings (SSSR count). The summed E-state index contributed by atoms with van der Waals surface area (Å²) in [5, 5.41) is 12.8. The maximum absolute atomic E-state index is 6.26. The first-order valence-corrected chi connectivity index (χ1v) is 7.24. The number of benzene rings is 1. The van der Waals surface area contributed by atoms with Crippen molar-refractivity contribution in [3.8, 4) is 11.4 Å². The Bertz CT molecular complexity index is 609. The maximum atomic E-state index is 6.26. The molecule has 0 aliphatic heterocycles. The molecule has 1 aromatic heterocycles. The van der Waals surface area contributed by atoms with E-state index in [1.807, 2.05) is 0 Å². The average Bonchev–Trinajstić information content (AvgIpc) is 2.83. The molecule has 1 heterocycles. The predicted molar refractivity (Wildman–Crippen MR) is 81.9 cm³/mol. The zero-order chi connectivity index (χ0) is 14.9. The summed E-state index contributed by atoms with van der Waals surface area (Å²) in [4.78, 5) is 0. The van der Waals surface area contributed by atoms with Crippen LogP contribution in [0.15, 0.2) is 12.1 Å². The lowest BCUT2D eigenvalue weighted by atomic mass is 10.0. The van der Waals surface area contributed by atoms with Crippen LogP contribution in [0.3, 0.4) is 0 Å². The van der Waals surface area contributed by atoms with Crippen LogP contribution in [0, 0.1) is 5.92 Å². The van der Waals surface area contributed by atoms with E-state index >= 15 is 0 Å². The fraction of sp³-hybridized carbons (Fsp3) is 0.462. The third-order valence-corrected chi connectivity index (χ3v) is 4.09. The van der Waals surface area contributed by atoms with E-state index in [0.717, 1.165) is 6.42 Å². The molecule has 5 nitrogen and oxygen atoms in total. The second kappa shape index (κ2) is 5.97. The summed E-state index contributed by atoms with van der Waals surface area (Å²) in [6, 6.07) is 3.54. The molecule has 1 aromatic carbocycles. The molecule has 0 spiro atoms. The lowest BCUT2D eigenvalue weighted by Crippen LogP contribution is -2.17. The first-order valence-electron chi connectivity index (χ1n) is 6.48. The highest BCUT2D eigenvalue weighted by Crippen LogP contribution is 2.36. The smallest absolute Gasteiger partial charge is 0.183 e. The Morgan fingerprint density at radius 2 is 2.00 bits per heavy atom. The van der Waals surface area contributed by atoms with Crippen molar-refractivity contribution in [2.75, 3.05) is 5.73 Å². The number of hydrogen-bond acceptors (Lipinski definition) is 4. The monoisotopic (exact) mass is 313 g/mol. The Morgan fingerprint density at radius 3 is 2.60 bits per heavy atom. The van der Waals surface area contributed by atoms with Gasteiger partial charge in [-0.3, -0.25) is 0 Å². The van der Waals surface area contributed by atoms with Crippen molar-refractivity contribution in [1.29, 1.82) is 0 Å². The van der Waals surface area contributed by atoms with Crippen LogP contribution in [0.5, 0.6) is 0 Å². The molecule has 0 fully saturated rings. The molecule has 0 aliphatic carbocycles. The Balaban J connectivity index is 2.58. The van der Waals surface area contributed by atoms with Crippen LogP contribution < -0.4 is 5.73 Å². The molecular formula is C13H17Cl2N5. The van der Waals surface area contributed by atoms with Gasteiger partial charge in [0.2, 0.25) is 0 Å². The number of halogens is 2. The van der Waals surface area contributed by atoms with Gasteiger partial charge in [0.15, 0.2) is 5.82 Å². The number of hydrogen-bond donors (Lipinski definition) is 1. The predicted octanol–water partition coefficient (Wildman–Crippen LogP) is 3.84. The van der Waals surface area contributed by atoms with Gasteiger partial charge < -0.3 is 5.73 Å².